The fraction of sp³-hybridized carbons (Fsp3) is 0.533. The zero-order valence-corrected chi connectivity index (χ0v) is 14.3. The van der Waals surface area contributed by atoms with Crippen molar-refractivity contribution in [1.29, 1.82) is 0 Å². The summed E-state index contributed by atoms with van der Waals surface area (Å²) >= 11 is 0. The van der Waals surface area contributed by atoms with E-state index >= 15 is 0 Å². The van der Waals surface area contributed by atoms with Gasteiger partial charge in [-0.3, -0.25) is 4.79 Å². The first-order chi connectivity index (χ1) is 10.8. The van der Waals surface area contributed by atoms with Crippen molar-refractivity contribution < 1.29 is 27.1 Å². The van der Waals surface area contributed by atoms with Crippen LogP contribution in [0.4, 0.5) is 4.39 Å². The molecule has 1 unspecified atom stereocenters. The molecule has 0 fully saturated rings. The molecule has 8 heteroatoms. The van der Waals surface area contributed by atoms with Crippen LogP contribution in [0.5, 0.6) is 0 Å². The molecule has 1 atom stereocenters. The Hall–Kier alpha value is -1.51. The number of ether oxygens (including phenoxy) is 2. The minimum atomic E-state index is -3.89. The zero-order chi connectivity index (χ0) is 17.5. The number of benzene rings is 1. The number of sulfone groups is 1. The Bertz CT molecular complexity index is 595. The van der Waals surface area contributed by atoms with Crippen LogP contribution in [0.3, 0.4) is 0 Å². The maximum absolute atomic E-state index is 12.9. The molecule has 0 heterocycles. The molecule has 1 aromatic carbocycles. The van der Waals surface area contributed by atoms with Gasteiger partial charge in [0.1, 0.15) is 11.1 Å². The second kappa shape index (κ2) is 8.95. The molecule has 0 spiro atoms. The summed E-state index contributed by atoms with van der Waals surface area (Å²) in [6.45, 7) is 2.44. The minimum absolute atomic E-state index is 0.0850. The Balaban J connectivity index is 2.95. The molecule has 0 saturated carbocycles. The number of carbonyl (C=O) groups excluding carboxylic acids is 1. The van der Waals surface area contributed by atoms with Crippen LogP contribution in [0.25, 0.3) is 0 Å². The summed E-state index contributed by atoms with van der Waals surface area (Å²) in [5.74, 6) is -1.08. The van der Waals surface area contributed by atoms with Crippen molar-refractivity contribution in [1.82, 2.24) is 4.90 Å². The average molecular weight is 347 g/mol. The quantitative estimate of drug-likeness (QED) is 0.626. The largest absolute Gasteiger partial charge is 0.383 e. The van der Waals surface area contributed by atoms with E-state index in [1.54, 1.807) is 0 Å². The number of nitrogens with zero attached hydrogens (tertiary/aromatic N) is 1. The maximum Gasteiger partial charge on any atom is 0.241 e. The first-order valence-electron chi connectivity index (χ1n) is 7.10. The number of halogens is 1. The molecule has 0 saturated heterocycles. The number of hydrogen-bond donors (Lipinski definition) is 0. The van der Waals surface area contributed by atoms with Gasteiger partial charge in [0.05, 0.1) is 18.1 Å². The topological polar surface area (TPSA) is 72.9 Å². The van der Waals surface area contributed by atoms with Crippen molar-refractivity contribution in [2.45, 2.75) is 17.1 Å². The molecule has 0 N–H and O–H groups in total. The van der Waals surface area contributed by atoms with E-state index in [-0.39, 0.29) is 18.0 Å². The van der Waals surface area contributed by atoms with Gasteiger partial charge in [-0.05, 0) is 31.2 Å². The highest BCUT2D eigenvalue weighted by Crippen LogP contribution is 2.18. The van der Waals surface area contributed by atoms with E-state index in [0.29, 0.717) is 13.2 Å². The maximum atomic E-state index is 12.9. The lowest BCUT2D eigenvalue weighted by molar-refractivity contribution is -0.131. The molecule has 0 radical (unpaired) electrons. The molecule has 0 aliphatic carbocycles. The van der Waals surface area contributed by atoms with Crippen LogP contribution in [0, 0.1) is 5.82 Å². The van der Waals surface area contributed by atoms with Gasteiger partial charge in [-0.25, -0.2) is 12.8 Å². The van der Waals surface area contributed by atoms with Gasteiger partial charge in [0.25, 0.3) is 0 Å². The van der Waals surface area contributed by atoms with Crippen LogP contribution in [0.15, 0.2) is 29.2 Å². The third-order valence-electron chi connectivity index (χ3n) is 3.40. The summed E-state index contributed by atoms with van der Waals surface area (Å²) in [5, 5.41) is -1.28. The van der Waals surface area contributed by atoms with E-state index < -0.39 is 26.8 Å². The van der Waals surface area contributed by atoms with E-state index in [2.05, 4.69) is 0 Å². The fourth-order valence-corrected chi connectivity index (χ4v) is 3.29. The zero-order valence-electron chi connectivity index (χ0n) is 13.5. The SMILES string of the molecule is COCCN(CCOC)C(=O)C(C)S(=O)(=O)c1ccc(F)cc1. The number of carbonyl (C=O) groups is 1. The molecule has 0 bridgehead atoms. The van der Waals surface area contributed by atoms with Gasteiger partial charge >= 0.3 is 0 Å². The summed E-state index contributed by atoms with van der Waals surface area (Å²) < 4.78 is 47.8. The summed E-state index contributed by atoms with van der Waals surface area (Å²) in [4.78, 5) is 13.8. The molecule has 23 heavy (non-hydrogen) atoms. The van der Waals surface area contributed by atoms with Gasteiger partial charge in [-0.15, -0.1) is 0 Å². The Morgan fingerprint density at radius 1 is 1.13 bits per heavy atom. The third kappa shape index (κ3) is 5.26. The Morgan fingerprint density at radius 3 is 2.04 bits per heavy atom. The highest BCUT2D eigenvalue weighted by Gasteiger charge is 2.32. The lowest BCUT2D eigenvalue weighted by Gasteiger charge is -2.25. The lowest BCUT2D eigenvalue weighted by Crippen LogP contribution is -2.44. The van der Waals surface area contributed by atoms with Crippen LogP contribution >= 0.6 is 0 Å². The summed E-state index contributed by atoms with van der Waals surface area (Å²) in [6.07, 6.45) is 0. The van der Waals surface area contributed by atoms with Gasteiger partial charge < -0.3 is 14.4 Å². The molecule has 1 rings (SSSR count). The molecule has 0 aliphatic heterocycles. The van der Waals surface area contributed by atoms with E-state index in [1.165, 1.54) is 26.0 Å². The van der Waals surface area contributed by atoms with Gasteiger partial charge in [-0.2, -0.15) is 0 Å². The highest BCUT2D eigenvalue weighted by molar-refractivity contribution is 7.92. The predicted octanol–water partition coefficient (Wildman–Crippen LogP) is 1.11. The van der Waals surface area contributed by atoms with Crippen molar-refractivity contribution in [3.63, 3.8) is 0 Å². The number of amides is 1. The Kier molecular flexibility index (Phi) is 7.60. The van der Waals surface area contributed by atoms with Crippen molar-refractivity contribution in [2.75, 3.05) is 40.5 Å². The molecular formula is C15H22FNO5S. The van der Waals surface area contributed by atoms with Gasteiger partial charge in [0.2, 0.25) is 5.91 Å². The fourth-order valence-electron chi connectivity index (χ4n) is 1.95. The average Bonchev–Trinajstić information content (AvgIpc) is 2.54. The second-order valence-electron chi connectivity index (χ2n) is 4.95. The minimum Gasteiger partial charge on any atom is -0.383 e. The Labute approximate surface area is 136 Å². The molecule has 0 aliphatic rings. The highest BCUT2D eigenvalue weighted by atomic mass is 32.2. The molecule has 1 amide bonds. The van der Waals surface area contributed by atoms with Gasteiger partial charge in [-0.1, -0.05) is 0 Å². The first kappa shape index (κ1) is 19.5. The summed E-state index contributed by atoms with van der Waals surface area (Å²) in [5.41, 5.74) is 0. The van der Waals surface area contributed by atoms with Crippen molar-refractivity contribution in [2.24, 2.45) is 0 Å². The van der Waals surface area contributed by atoms with E-state index in [4.69, 9.17) is 9.47 Å². The van der Waals surface area contributed by atoms with Crippen LogP contribution in [0.1, 0.15) is 6.92 Å². The van der Waals surface area contributed by atoms with Crippen LogP contribution < -0.4 is 0 Å². The number of hydrogen-bond acceptors (Lipinski definition) is 5. The number of methoxy groups -OCH3 is 2. The molecule has 6 nitrogen and oxygen atoms in total. The normalized spacial score (nSPS) is 12.9. The second-order valence-corrected chi connectivity index (χ2v) is 7.22. The van der Waals surface area contributed by atoms with Crippen molar-refractivity contribution in [3.8, 4) is 0 Å². The molecule has 130 valence electrons. The van der Waals surface area contributed by atoms with E-state index in [0.717, 1.165) is 24.3 Å². The van der Waals surface area contributed by atoms with Crippen LogP contribution in [0.2, 0.25) is 0 Å². The van der Waals surface area contributed by atoms with Crippen molar-refractivity contribution in [3.05, 3.63) is 30.1 Å². The summed E-state index contributed by atoms with van der Waals surface area (Å²) in [7, 11) is -0.894. The van der Waals surface area contributed by atoms with Gasteiger partial charge in [0, 0.05) is 27.3 Å². The lowest BCUT2D eigenvalue weighted by atomic mass is 10.3. The van der Waals surface area contributed by atoms with Gasteiger partial charge in [0.15, 0.2) is 9.84 Å². The van der Waals surface area contributed by atoms with E-state index in [1.807, 2.05) is 0 Å². The predicted molar refractivity (Wildman–Crippen MR) is 83.4 cm³/mol. The number of rotatable bonds is 9. The third-order valence-corrected chi connectivity index (χ3v) is 5.46. The Morgan fingerprint density at radius 2 is 1.61 bits per heavy atom. The van der Waals surface area contributed by atoms with Crippen LogP contribution in [-0.4, -0.2) is 65.0 Å². The van der Waals surface area contributed by atoms with Crippen molar-refractivity contribution >= 4 is 15.7 Å². The smallest absolute Gasteiger partial charge is 0.241 e. The standard InChI is InChI=1S/C15H22FNO5S/c1-12(15(18)17(8-10-21-2)9-11-22-3)23(19,20)14-6-4-13(16)5-7-14/h4-7,12H,8-11H2,1-3H3. The molecule has 1 aromatic rings. The molecular weight excluding hydrogens is 325 g/mol. The first-order valence-corrected chi connectivity index (χ1v) is 8.65. The summed E-state index contributed by atoms with van der Waals surface area (Å²) in [6, 6.07) is 4.42. The van der Waals surface area contributed by atoms with Crippen LogP contribution in [-0.2, 0) is 24.1 Å². The molecule has 0 aromatic heterocycles. The van der Waals surface area contributed by atoms with E-state index in [9.17, 15) is 17.6 Å². The monoisotopic (exact) mass is 347 g/mol.